The number of ether oxygens (including phenoxy) is 1. The normalized spacial score (nSPS) is 13.2. The first-order valence-corrected chi connectivity index (χ1v) is 9.46. The number of hydrogen-bond donors (Lipinski definition) is 1. The molecular formula is C16H18N5O4P. The lowest BCUT2D eigenvalue weighted by Gasteiger charge is -2.18. The Kier molecular flexibility index (Phi) is 5.50. The molecule has 0 aliphatic heterocycles. The summed E-state index contributed by atoms with van der Waals surface area (Å²) in [4.78, 5) is 12.2. The van der Waals surface area contributed by atoms with E-state index in [1.54, 1.807) is 35.2 Å². The van der Waals surface area contributed by atoms with Crippen LogP contribution in [-0.4, -0.2) is 32.5 Å². The Morgan fingerprint density at radius 2 is 2.04 bits per heavy atom. The van der Waals surface area contributed by atoms with Gasteiger partial charge in [0.15, 0.2) is 17.8 Å². The Morgan fingerprint density at radius 1 is 1.23 bits per heavy atom. The molecule has 0 fully saturated rings. The van der Waals surface area contributed by atoms with Crippen molar-refractivity contribution in [1.29, 1.82) is 0 Å². The Balaban J connectivity index is 1.58. The Hall–Kier alpha value is -2.90. The third kappa shape index (κ3) is 4.19. The van der Waals surface area contributed by atoms with Gasteiger partial charge in [-0.05, 0) is 12.1 Å². The number of hydrogen-bond acceptors (Lipinski definition) is 8. The van der Waals surface area contributed by atoms with Gasteiger partial charge in [-0.2, -0.15) is 0 Å². The van der Waals surface area contributed by atoms with E-state index in [1.165, 1.54) is 6.33 Å². The van der Waals surface area contributed by atoms with Gasteiger partial charge >= 0.3 is 7.60 Å². The Labute approximate surface area is 150 Å². The molecule has 0 aliphatic carbocycles. The average molecular weight is 375 g/mol. The number of para-hydroxylation sites is 1. The molecule has 9 nitrogen and oxygen atoms in total. The summed E-state index contributed by atoms with van der Waals surface area (Å²) in [5.41, 5.74) is 6.88. The van der Waals surface area contributed by atoms with E-state index in [9.17, 15) is 4.57 Å². The number of rotatable bonds is 9. The molecule has 0 saturated carbocycles. The van der Waals surface area contributed by atoms with Gasteiger partial charge < -0.3 is 24.1 Å². The van der Waals surface area contributed by atoms with Crippen LogP contribution in [0.15, 0.2) is 55.8 Å². The van der Waals surface area contributed by atoms with Crippen LogP contribution < -0.4 is 10.3 Å². The van der Waals surface area contributed by atoms with Gasteiger partial charge in [0.25, 0.3) is 0 Å². The second-order valence-electron chi connectivity index (χ2n) is 5.19. The van der Waals surface area contributed by atoms with Crippen LogP contribution in [0.3, 0.4) is 0 Å². The van der Waals surface area contributed by atoms with Crippen molar-refractivity contribution in [2.24, 2.45) is 0 Å². The van der Waals surface area contributed by atoms with Crippen molar-refractivity contribution in [2.45, 2.75) is 6.54 Å². The van der Waals surface area contributed by atoms with E-state index in [-0.39, 0.29) is 13.0 Å². The molecule has 0 radical (unpaired) electrons. The van der Waals surface area contributed by atoms with Crippen LogP contribution >= 0.6 is 7.60 Å². The van der Waals surface area contributed by atoms with Gasteiger partial charge in [0.2, 0.25) is 0 Å². The minimum atomic E-state index is -3.51. The number of fused-ring (bicyclic) bond motifs is 1. The molecule has 0 amide bonds. The maximum atomic E-state index is 12.7. The molecule has 0 aliphatic rings. The molecule has 136 valence electrons. The Morgan fingerprint density at radius 3 is 2.81 bits per heavy atom. The summed E-state index contributed by atoms with van der Waals surface area (Å²) in [5, 5.41) is 0. The molecule has 2 N–H and O–H groups in total. The molecule has 0 bridgehead atoms. The summed E-state index contributed by atoms with van der Waals surface area (Å²) >= 11 is 0. The smallest absolute Gasteiger partial charge is 0.423 e. The van der Waals surface area contributed by atoms with Gasteiger partial charge in [-0.25, -0.2) is 19.5 Å². The lowest BCUT2D eigenvalue weighted by molar-refractivity contribution is 0.149. The highest BCUT2D eigenvalue weighted by molar-refractivity contribution is 7.54. The molecule has 10 heteroatoms. The maximum absolute atomic E-state index is 12.7. The predicted octanol–water partition coefficient (Wildman–Crippen LogP) is 2.81. The average Bonchev–Trinajstić information content (AvgIpc) is 3.04. The van der Waals surface area contributed by atoms with Gasteiger partial charge in [-0.3, -0.25) is 0 Å². The number of nitrogens with zero attached hydrogens (tertiary/aromatic N) is 4. The number of nitrogens with two attached hydrogens (primary N) is 1. The van der Waals surface area contributed by atoms with Crippen LogP contribution in [0.25, 0.3) is 11.2 Å². The molecule has 3 aromatic rings. The van der Waals surface area contributed by atoms with E-state index in [1.807, 2.05) is 6.07 Å². The van der Waals surface area contributed by atoms with E-state index in [2.05, 4.69) is 21.5 Å². The molecule has 2 heterocycles. The molecule has 0 spiro atoms. The van der Waals surface area contributed by atoms with Crippen molar-refractivity contribution in [3.63, 3.8) is 0 Å². The molecule has 26 heavy (non-hydrogen) atoms. The van der Waals surface area contributed by atoms with Crippen LogP contribution in [0.4, 0.5) is 5.82 Å². The predicted molar refractivity (Wildman–Crippen MR) is 96.5 cm³/mol. The summed E-state index contributed by atoms with van der Waals surface area (Å²) < 4.78 is 30.5. The SMILES string of the molecule is C=COP(=O)(COCCn1cnc2c(N)ncnc21)Oc1ccccc1. The standard InChI is InChI=1S/C16H18N5O4P/c1-2-24-26(22,25-13-6-4-3-5-7-13)12-23-9-8-21-11-20-14-15(17)18-10-19-16(14)21/h2-7,10-11H,1,8-9,12H2,(H2,17,18,19). The zero-order valence-corrected chi connectivity index (χ0v) is 14.8. The quantitative estimate of drug-likeness (QED) is 0.345. The van der Waals surface area contributed by atoms with Gasteiger partial charge in [0.1, 0.15) is 17.6 Å². The van der Waals surface area contributed by atoms with E-state index < -0.39 is 7.60 Å². The Bertz CT molecular complexity index is 931. The van der Waals surface area contributed by atoms with E-state index >= 15 is 0 Å². The third-order valence-corrected chi connectivity index (χ3v) is 4.84. The fourth-order valence-corrected chi connectivity index (χ4v) is 3.41. The second kappa shape index (κ2) is 7.99. The van der Waals surface area contributed by atoms with Crippen molar-refractivity contribution in [1.82, 2.24) is 19.5 Å². The summed E-state index contributed by atoms with van der Waals surface area (Å²) in [6.45, 7) is 4.12. The summed E-state index contributed by atoms with van der Waals surface area (Å²) in [5.74, 6) is 0.740. The van der Waals surface area contributed by atoms with E-state index in [4.69, 9.17) is 19.5 Å². The van der Waals surface area contributed by atoms with E-state index in [0.717, 1.165) is 6.26 Å². The highest BCUT2D eigenvalue weighted by Crippen LogP contribution is 2.48. The van der Waals surface area contributed by atoms with Crippen LogP contribution in [0.2, 0.25) is 0 Å². The third-order valence-electron chi connectivity index (χ3n) is 3.38. The maximum Gasteiger partial charge on any atom is 0.455 e. The highest BCUT2D eigenvalue weighted by atomic mass is 31.2. The van der Waals surface area contributed by atoms with Crippen molar-refractivity contribution in [3.8, 4) is 5.75 Å². The molecule has 3 rings (SSSR count). The number of aromatic nitrogens is 4. The molecule has 1 aromatic carbocycles. The van der Waals surface area contributed by atoms with Crippen molar-refractivity contribution >= 4 is 24.6 Å². The van der Waals surface area contributed by atoms with Crippen molar-refractivity contribution in [3.05, 3.63) is 55.8 Å². The first-order chi connectivity index (χ1) is 12.6. The second-order valence-corrected chi connectivity index (χ2v) is 7.07. The monoisotopic (exact) mass is 375 g/mol. The number of nitrogen functional groups attached to an aromatic ring is 1. The minimum absolute atomic E-state index is 0.225. The van der Waals surface area contributed by atoms with Crippen LogP contribution in [-0.2, 0) is 20.4 Å². The van der Waals surface area contributed by atoms with E-state index in [0.29, 0.717) is 29.3 Å². The van der Waals surface area contributed by atoms with Crippen LogP contribution in [0.5, 0.6) is 5.75 Å². The number of anilines is 1. The first-order valence-electron chi connectivity index (χ1n) is 7.73. The zero-order valence-electron chi connectivity index (χ0n) is 13.9. The summed E-state index contributed by atoms with van der Waals surface area (Å²) in [6, 6.07) is 8.73. The van der Waals surface area contributed by atoms with Gasteiger partial charge in [-0.15, -0.1) is 0 Å². The molecule has 0 saturated heterocycles. The molecule has 2 aromatic heterocycles. The molecule has 1 unspecified atom stereocenters. The number of imidazole rings is 1. The summed E-state index contributed by atoms with van der Waals surface area (Å²) in [6.07, 6.45) is 3.82. The van der Waals surface area contributed by atoms with Crippen molar-refractivity contribution < 1.29 is 18.3 Å². The minimum Gasteiger partial charge on any atom is -0.423 e. The molecular weight excluding hydrogens is 357 g/mol. The summed E-state index contributed by atoms with van der Waals surface area (Å²) in [7, 11) is -3.51. The fraction of sp³-hybridized carbons (Fsp3) is 0.188. The van der Waals surface area contributed by atoms with Gasteiger partial charge in [-0.1, -0.05) is 24.8 Å². The zero-order chi connectivity index (χ0) is 18.4. The van der Waals surface area contributed by atoms with Gasteiger partial charge in [0, 0.05) is 6.54 Å². The topological polar surface area (TPSA) is 114 Å². The lowest BCUT2D eigenvalue weighted by Crippen LogP contribution is -2.09. The number of benzene rings is 1. The fourth-order valence-electron chi connectivity index (χ4n) is 2.24. The molecule has 1 atom stereocenters. The van der Waals surface area contributed by atoms with Crippen molar-refractivity contribution in [2.75, 3.05) is 18.7 Å². The highest BCUT2D eigenvalue weighted by Gasteiger charge is 2.27. The largest absolute Gasteiger partial charge is 0.455 e. The first kappa shape index (κ1) is 17.9. The van der Waals surface area contributed by atoms with Crippen LogP contribution in [0, 0.1) is 0 Å². The van der Waals surface area contributed by atoms with Crippen LogP contribution in [0.1, 0.15) is 0 Å². The van der Waals surface area contributed by atoms with Gasteiger partial charge in [0.05, 0.1) is 19.2 Å². The lowest BCUT2D eigenvalue weighted by atomic mass is 10.3.